The van der Waals surface area contributed by atoms with E-state index in [1.165, 1.54) is 20.1 Å². The fourth-order valence-corrected chi connectivity index (χ4v) is 1.47. The van der Waals surface area contributed by atoms with Gasteiger partial charge in [-0.2, -0.15) is 0 Å². The number of ether oxygens (including phenoxy) is 1. The lowest BCUT2D eigenvalue weighted by Crippen LogP contribution is -2.17. The van der Waals surface area contributed by atoms with Crippen LogP contribution in [0.25, 0.3) is 0 Å². The van der Waals surface area contributed by atoms with E-state index in [0.717, 1.165) is 6.21 Å². The van der Waals surface area contributed by atoms with Crippen LogP contribution in [0.15, 0.2) is 29.5 Å². The Morgan fingerprint density at radius 3 is 2.72 bits per heavy atom. The monoisotopic (exact) mass is 268 g/mol. The predicted octanol–water partition coefficient (Wildman–Crippen LogP) is 2.77. The summed E-state index contributed by atoms with van der Waals surface area (Å²) < 4.78 is 5.07. The predicted molar refractivity (Wildman–Crippen MR) is 70.7 cm³/mol. The quantitative estimate of drug-likeness (QED) is 0.446. The number of hydrogen-bond acceptors (Lipinski definition) is 4. The van der Waals surface area contributed by atoms with Crippen LogP contribution in [0.3, 0.4) is 0 Å². The SMILES string of the molecule is COc1ccc(Cl)cc1NC(=O)/C(C=N)=C(/C)O. The molecule has 96 valence electrons. The highest BCUT2D eigenvalue weighted by atomic mass is 35.5. The van der Waals surface area contributed by atoms with Gasteiger partial charge in [0, 0.05) is 11.2 Å². The summed E-state index contributed by atoms with van der Waals surface area (Å²) in [7, 11) is 1.46. The first kappa shape index (κ1) is 14.1. The standard InChI is InChI=1S/C12H13ClN2O3/c1-7(16)9(6-14)12(17)15-10-5-8(13)3-4-11(10)18-2/h3-6,14,16H,1-2H3,(H,15,17)/b9-7-,14-6?. The van der Waals surface area contributed by atoms with E-state index < -0.39 is 5.91 Å². The molecular formula is C12H13ClN2O3. The maximum Gasteiger partial charge on any atom is 0.260 e. The molecule has 0 heterocycles. The number of carbonyl (C=O) groups is 1. The van der Waals surface area contributed by atoms with Gasteiger partial charge >= 0.3 is 0 Å². The van der Waals surface area contributed by atoms with Crippen molar-refractivity contribution in [3.05, 3.63) is 34.6 Å². The number of carbonyl (C=O) groups excluding carboxylic acids is 1. The Labute approximate surface area is 110 Å². The summed E-state index contributed by atoms with van der Waals surface area (Å²) in [6, 6.07) is 4.75. The number of amides is 1. The molecule has 1 amide bonds. The number of allylic oxidation sites excluding steroid dienone is 1. The van der Waals surface area contributed by atoms with Gasteiger partial charge in [-0.3, -0.25) is 4.79 Å². The highest BCUT2D eigenvalue weighted by molar-refractivity contribution is 6.31. The van der Waals surface area contributed by atoms with Crippen molar-refractivity contribution in [3.63, 3.8) is 0 Å². The molecule has 0 unspecified atom stereocenters. The van der Waals surface area contributed by atoms with Gasteiger partial charge < -0.3 is 20.6 Å². The summed E-state index contributed by atoms with van der Waals surface area (Å²) in [4.78, 5) is 11.8. The zero-order chi connectivity index (χ0) is 13.7. The molecule has 0 fully saturated rings. The molecule has 0 aliphatic heterocycles. The minimum Gasteiger partial charge on any atom is -0.512 e. The third-order valence-electron chi connectivity index (χ3n) is 2.19. The summed E-state index contributed by atoms with van der Waals surface area (Å²) in [5.74, 6) is -0.401. The second kappa shape index (κ2) is 6.07. The molecule has 1 rings (SSSR count). The lowest BCUT2D eigenvalue weighted by Gasteiger charge is -2.10. The number of nitrogens with one attached hydrogen (secondary N) is 2. The second-order valence-electron chi connectivity index (χ2n) is 3.44. The van der Waals surface area contributed by atoms with Gasteiger partial charge in [0.05, 0.1) is 18.4 Å². The molecule has 3 N–H and O–H groups in total. The van der Waals surface area contributed by atoms with Crippen molar-refractivity contribution in [1.82, 2.24) is 0 Å². The lowest BCUT2D eigenvalue weighted by atomic mass is 10.2. The number of anilines is 1. The number of methoxy groups -OCH3 is 1. The van der Waals surface area contributed by atoms with Gasteiger partial charge in [0.2, 0.25) is 0 Å². The van der Waals surface area contributed by atoms with Crippen LogP contribution >= 0.6 is 11.6 Å². The van der Waals surface area contributed by atoms with Crippen LogP contribution in [0.2, 0.25) is 5.02 Å². The summed E-state index contributed by atoms with van der Waals surface area (Å²) in [6.45, 7) is 1.33. The van der Waals surface area contributed by atoms with Gasteiger partial charge in [-0.05, 0) is 25.1 Å². The first-order chi connectivity index (χ1) is 8.49. The van der Waals surface area contributed by atoms with Crippen LogP contribution in [0.1, 0.15) is 6.92 Å². The largest absolute Gasteiger partial charge is 0.512 e. The topological polar surface area (TPSA) is 82.4 Å². The Balaban J connectivity index is 3.05. The van der Waals surface area contributed by atoms with Crippen molar-refractivity contribution >= 4 is 29.4 Å². The molecule has 0 aromatic heterocycles. The van der Waals surface area contributed by atoms with Crippen molar-refractivity contribution in [1.29, 1.82) is 5.41 Å². The van der Waals surface area contributed by atoms with Crippen LogP contribution < -0.4 is 10.1 Å². The fraction of sp³-hybridized carbons (Fsp3) is 0.167. The molecule has 0 aliphatic carbocycles. The first-order valence-corrected chi connectivity index (χ1v) is 5.42. The fourth-order valence-electron chi connectivity index (χ4n) is 1.30. The molecule has 0 saturated heterocycles. The van der Waals surface area contributed by atoms with Gasteiger partial charge in [0.25, 0.3) is 5.91 Å². The highest BCUT2D eigenvalue weighted by Crippen LogP contribution is 2.27. The molecule has 6 heteroatoms. The van der Waals surface area contributed by atoms with E-state index in [1.54, 1.807) is 12.1 Å². The Kier molecular flexibility index (Phi) is 4.74. The van der Waals surface area contributed by atoms with Crippen molar-refractivity contribution in [2.45, 2.75) is 6.92 Å². The van der Waals surface area contributed by atoms with Crippen LogP contribution in [0.4, 0.5) is 5.69 Å². The third-order valence-corrected chi connectivity index (χ3v) is 2.42. The Morgan fingerprint density at radius 1 is 1.56 bits per heavy atom. The molecule has 0 saturated carbocycles. The van der Waals surface area contributed by atoms with E-state index in [0.29, 0.717) is 16.5 Å². The van der Waals surface area contributed by atoms with E-state index in [4.69, 9.17) is 21.7 Å². The van der Waals surface area contributed by atoms with E-state index >= 15 is 0 Å². The van der Waals surface area contributed by atoms with Gasteiger partial charge in [0.15, 0.2) is 0 Å². The molecule has 1 aromatic carbocycles. The lowest BCUT2D eigenvalue weighted by molar-refractivity contribution is -0.112. The Morgan fingerprint density at radius 2 is 2.22 bits per heavy atom. The van der Waals surface area contributed by atoms with E-state index in [9.17, 15) is 9.90 Å². The van der Waals surface area contributed by atoms with Gasteiger partial charge in [-0.1, -0.05) is 11.6 Å². The zero-order valence-electron chi connectivity index (χ0n) is 9.95. The number of aliphatic hydroxyl groups is 1. The van der Waals surface area contributed by atoms with Gasteiger partial charge in [-0.25, -0.2) is 0 Å². The average Bonchev–Trinajstić information content (AvgIpc) is 2.29. The summed E-state index contributed by atoms with van der Waals surface area (Å²) in [6.07, 6.45) is 0.779. The maximum atomic E-state index is 11.8. The van der Waals surface area contributed by atoms with E-state index in [1.807, 2.05) is 0 Å². The number of hydrogen-bond donors (Lipinski definition) is 3. The normalized spacial score (nSPS) is 11.5. The smallest absolute Gasteiger partial charge is 0.260 e. The minimum atomic E-state index is -0.606. The third kappa shape index (κ3) is 3.24. The Bertz CT molecular complexity index is 508. The van der Waals surface area contributed by atoms with Crippen molar-refractivity contribution in [3.8, 4) is 5.75 Å². The molecule has 0 spiro atoms. The minimum absolute atomic E-state index is 0.128. The summed E-state index contributed by atoms with van der Waals surface area (Å²) in [5.41, 5.74) is 0.243. The molecule has 0 radical (unpaired) electrons. The molecule has 0 bridgehead atoms. The van der Waals surface area contributed by atoms with Gasteiger partial charge in [0.1, 0.15) is 11.5 Å². The van der Waals surface area contributed by atoms with E-state index in [2.05, 4.69) is 5.32 Å². The number of benzene rings is 1. The molecule has 0 atom stereocenters. The molecule has 5 nitrogen and oxygen atoms in total. The molecule has 1 aromatic rings. The number of rotatable bonds is 4. The van der Waals surface area contributed by atoms with E-state index in [-0.39, 0.29) is 11.3 Å². The molecular weight excluding hydrogens is 256 g/mol. The van der Waals surface area contributed by atoms with Crippen molar-refractivity contribution < 1.29 is 14.6 Å². The van der Waals surface area contributed by atoms with Crippen LogP contribution in [-0.2, 0) is 4.79 Å². The van der Waals surface area contributed by atoms with Crippen LogP contribution in [0.5, 0.6) is 5.75 Å². The van der Waals surface area contributed by atoms with Crippen LogP contribution in [-0.4, -0.2) is 24.3 Å². The van der Waals surface area contributed by atoms with Crippen LogP contribution in [0, 0.1) is 5.41 Å². The van der Waals surface area contributed by atoms with Crippen molar-refractivity contribution in [2.24, 2.45) is 0 Å². The highest BCUT2D eigenvalue weighted by Gasteiger charge is 2.13. The summed E-state index contributed by atoms with van der Waals surface area (Å²) >= 11 is 5.82. The summed E-state index contributed by atoms with van der Waals surface area (Å²) in [5, 5.41) is 19.3. The Hall–Kier alpha value is -2.01. The number of halogens is 1. The number of aliphatic hydroxyl groups excluding tert-OH is 1. The van der Waals surface area contributed by atoms with Crippen molar-refractivity contribution in [2.75, 3.05) is 12.4 Å². The van der Waals surface area contributed by atoms with Gasteiger partial charge in [-0.15, -0.1) is 0 Å². The second-order valence-corrected chi connectivity index (χ2v) is 3.88. The zero-order valence-corrected chi connectivity index (χ0v) is 10.7. The first-order valence-electron chi connectivity index (χ1n) is 5.04. The average molecular weight is 269 g/mol. The maximum absolute atomic E-state index is 11.8. The molecule has 18 heavy (non-hydrogen) atoms. The molecule has 0 aliphatic rings.